The maximum Gasteiger partial charge on any atom is 0.159 e. The molecule has 2 aromatic rings. The van der Waals surface area contributed by atoms with Gasteiger partial charge in [0.15, 0.2) is 5.78 Å². The first-order valence-corrected chi connectivity index (χ1v) is 9.31. The Morgan fingerprint density at radius 1 is 0.875 bits per heavy atom. The number of benzene rings is 2. The smallest absolute Gasteiger partial charge is 0.159 e. The highest BCUT2D eigenvalue weighted by Gasteiger charge is 2.51. The summed E-state index contributed by atoms with van der Waals surface area (Å²) in [5.41, 5.74) is 9.39. The van der Waals surface area contributed by atoms with Crippen LogP contribution < -0.4 is 0 Å². The number of hydrogen-bond acceptors (Lipinski definition) is 1. The monoisotopic (exact) mass is 316 g/mol. The van der Waals surface area contributed by atoms with Gasteiger partial charge in [0.25, 0.3) is 0 Å². The summed E-state index contributed by atoms with van der Waals surface area (Å²) in [6.45, 7) is 6.11. The van der Waals surface area contributed by atoms with Crippen LogP contribution in [0.4, 0.5) is 0 Å². The summed E-state index contributed by atoms with van der Waals surface area (Å²) >= 11 is 0. The highest BCUT2D eigenvalue weighted by atomic mass is 16.1. The molecule has 4 unspecified atom stereocenters. The van der Waals surface area contributed by atoms with Gasteiger partial charge in [0.1, 0.15) is 0 Å². The van der Waals surface area contributed by atoms with Crippen molar-refractivity contribution < 1.29 is 4.79 Å². The lowest BCUT2D eigenvalue weighted by molar-refractivity contribution is 0.101. The second kappa shape index (κ2) is 4.81. The number of Topliss-reactive ketones (excluding diaryl/α,β-unsaturated/α-hetero) is 1. The van der Waals surface area contributed by atoms with Gasteiger partial charge in [-0.1, -0.05) is 24.3 Å². The third kappa shape index (κ3) is 1.79. The van der Waals surface area contributed by atoms with Gasteiger partial charge in [-0.05, 0) is 103 Å². The van der Waals surface area contributed by atoms with Crippen LogP contribution in [-0.2, 0) is 0 Å². The number of ketones is 1. The number of fused-ring (bicyclic) bond motifs is 10. The van der Waals surface area contributed by atoms with Crippen LogP contribution in [0.5, 0.6) is 0 Å². The molecular formula is C23H24O. The molecule has 3 aliphatic rings. The lowest BCUT2D eigenvalue weighted by Gasteiger charge is -2.39. The first-order chi connectivity index (χ1) is 11.5. The molecule has 0 N–H and O–H groups in total. The molecule has 5 rings (SSSR count). The van der Waals surface area contributed by atoms with Crippen molar-refractivity contribution >= 4 is 5.78 Å². The van der Waals surface area contributed by atoms with Gasteiger partial charge >= 0.3 is 0 Å². The van der Waals surface area contributed by atoms with Crippen LogP contribution in [0.2, 0.25) is 0 Å². The molecule has 4 atom stereocenters. The molecule has 0 heterocycles. The standard InChI is InChI=1S/C23H24O/c1-12-8-19-20-11-15(14(3)24)6-7-18(20)22-16-4-5-17(10-16)23(22)21(19)9-13(12)2/h6-9,11,16-17,22-23H,4-5,10H2,1-3H3. The molecule has 0 amide bonds. The van der Waals surface area contributed by atoms with E-state index in [0.29, 0.717) is 11.8 Å². The fraction of sp³-hybridized carbons (Fsp3) is 0.435. The molecule has 0 saturated heterocycles. The highest BCUT2D eigenvalue weighted by molar-refractivity contribution is 5.96. The quantitative estimate of drug-likeness (QED) is 0.609. The molecule has 0 aliphatic heterocycles. The van der Waals surface area contributed by atoms with Crippen molar-refractivity contribution in [2.24, 2.45) is 11.8 Å². The van der Waals surface area contributed by atoms with Crippen molar-refractivity contribution in [3.63, 3.8) is 0 Å². The molecule has 24 heavy (non-hydrogen) atoms. The molecule has 2 saturated carbocycles. The maximum absolute atomic E-state index is 11.9. The van der Waals surface area contributed by atoms with E-state index in [2.05, 4.69) is 44.2 Å². The molecular weight excluding hydrogens is 292 g/mol. The van der Waals surface area contributed by atoms with Gasteiger partial charge in [-0.15, -0.1) is 0 Å². The third-order valence-electron chi connectivity index (χ3n) is 7.05. The van der Waals surface area contributed by atoms with Gasteiger partial charge in [-0.25, -0.2) is 0 Å². The van der Waals surface area contributed by atoms with E-state index < -0.39 is 0 Å². The molecule has 1 heteroatoms. The molecule has 0 spiro atoms. The van der Waals surface area contributed by atoms with Crippen LogP contribution in [0.3, 0.4) is 0 Å². The Bertz CT molecular complexity index is 876. The topological polar surface area (TPSA) is 17.1 Å². The van der Waals surface area contributed by atoms with E-state index in [0.717, 1.165) is 17.4 Å². The summed E-state index contributed by atoms with van der Waals surface area (Å²) in [4.78, 5) is 11.9. The van der Waals surface area contributed by atoms with Crippen LogP contribution in [0.25, 0.3) is 11.1 Å². The van der Waals surface area contributed by atoms with Gasteiger partial charge in [-0.3, -0.25) is 4.79 Å². The minimum atomic E-state index is 0.165. The number of hydrogen-bond donors (Lipinski definition) is 0. The minimum Gasteiger partial charge on any atom is -0.295 e. The van der Waals surface area contributed by atoms with E-state index in [9.17, 15) is 4.79 Å². The number of aryl methyl sites for hydroxylation is 2. The Balaban J connectivity index is 1.81. The third-order valence-corrected chi connectivity index (χ3v) is 7.05. The van der Waals surface area contributed by atoms with Crippen molar-refractivity contribution in [1.82, 2.24) is 0 Å². The van der Waals surface area contributed by atoms with Crippen LogP contribution in [0.15, 0.2) is 30.3 Å². The van der Waals surface area contributed by atoms with E-state index >= 15 is 0 Å². The number of carbonyl (C=O) groups excluding carboxylic acids is 1. The molecule has 122 valence electrons. The fourth-order valence-corrected chi connectivity index (χ4v) is 5.83. The summed E-state index contributed by atoms with van der Waals surface area (Å²) in [6, 6.07) is 11.3. The summed E-state index contributed by atoms with van der Waals surface area (Å²) in [6.07, 6.45) is 4.19. The van der Waals surface area contributed by atoms with E-state index in [1.54, 1.807) is 12.5 Å². The molecule has 2 fully saturated rings. The predicted octanol–water partition coefficient (Wildman–Crippen LogP) is 5.78. The van der Waals surface area contributed by atoms with Crippen LogP contribution in [-0.4, -0.2) is 5.78 Å². The molecule has 0 aromatic heterocycles. The average Bonchev–Trinajstić information content (AvgIpc) is 3.17. The fourth-order valence-electron chi connectivity index (χ4n) is 5.83. The lowest BCUT2D eigenvalue weighted by atomic mass is 9.65. The predicted molar refractivity (Wildman–Crippen MR) is 97.7 cm³/mol. The zero-order chi connectivity index (χ0) is 16.6. The molecule has 1 nitrogen and oxygen atoms in total. The average molecular weight is 316 g/mol. The maximum atomic E-state index is 11.9. The van der Waals surface area contributed by atoms with Gasteiger partial charge in [0.2, 0.25) is 0 Å². The van der Waals surface area contributed by atoms with E-state index in [1.807, 2.05) is 0 Å². The normalized spacial score (nSPS) is 29.1. The Hall–Kier alpha value is -1.89. The minimum absolute atomic E-state index is 0.165. The summed E-state index contributed by atoms with van der Waals surface area (Å²) in [5.74, 6) is 3.25. The van der Waals surface area contributed by atoms with Gasteiger partial charge < -0.3 is 0 Å². The first-order valence-electron chi connectivity index (χ1n) is 9.31. The van der Waals surface area contributed by atoms with Gasteiger partial charge in [0, 0.05) is 5.56 Å². The van der Waals surface area contributed by atoms with Crippen LogP contribution >= 0.6 is 0 Å². The summed E-state index contributed by atoms with van der Waals surface area (Å²) in [5, 5.41) is 0. The number of carbonyl (C=O) groups is 1. The van der Waals surface area contributed by atoms with Crippen molar-refractivity contribution in [1.29, 1.82) is 0 Å². The summed E-state index contributed by atoms with van der Waals surface area (Å²) < 4.78 is 0. The van der Waals surface area contributed by atoms with Crippen molar-refractivity contribution in [2.45, 2.75) is 51.9 Å². The largest absolute Gasteiger partial charge is 0.295 e. The van der Waals surface area contributed by atoms with Gasteiger partial charge in [-0.2, -0.15) is 0 Å². The first kappa shape index (κ1) is 14.5. The van der Waals surface area contributed by atoms with Crippen molar-refractivity contribution in [2.75, 3.05) is 0 Å². The molecule has 2 aromatic carbocycles. The van der Waals surface area contributed by atoms with Crippen LogP contribution in [0.1, 0.15) is 70.6 Å². The molecule has 2 bridgehead atoms. The van der Waals surface area contributed by atoms with E-state index in [4.69, 9.17) is 0 Å². The Morgan fingerprint density at radius 2 is 1.50 bits per heavy atom. The van der Waals surface area contributed by atoms with E-state index in [-0.39, 0.29) is 5.78 Å². The zero-order valence-electron chi connectivity index (χ0n) is 14.7. The summed E-state index contributed by atoms with van der Waals surface area (Å²) in [7, 11) is 0. The SMILES string of the molecule is CC(=O)c1ccc2c(c1)-c1cc(C)c(C)cc1C1C3CCC(C3)C21. The second-order valence-corrected chi connectivity index (χ2v) is 8.27. The molecule has 0 radical (unpaired) electrons. The Morgan fingerprint density at radius 3 is 2.21 bits per heavy atom. The van der Waals surface area contributed by atoms with Crippen molar-refractivity contribution in [3.8, 4) is 11.1 Å². The second-order valence-electron chi connectivity index (χ2n) is 8.27. The Kier molecular flexibility index (Phi) is 2.90. The lowest BCUT2D eigenvalue weighted by Crippen LogP contribution is -2.24. The molecule has 3 aliphatic carbocycles. The van der Waals surface area contributed by atoms with Crippen LogP contribution in [0, 0.1) is 25.7 Å². The number of rotatable bonds is 1. The van der Waals surface area contributed by atoms with Gasteiger partial charge in [0.05, 0.1) is 0 Å². The highest BCUT2D eigenvalue weighted by Crippen LogP contribution is 2.65. The Labute approximate surface area is 144 Å². The zero-order valence-corrected chi connectivity index (χ0v) is 14.7. The van der Waals surface area contributed by atoms with Crippen molar-refractivity contribution in [3.05, 3.63) is 58.1 Å². The van der Waals surface area contributed by atoms with E-state index in [1.165, 1.54) is 47.1 Å².